The summed E-state index contributed by atoms with van der Waals surface area (Å²) in [4.78, 5) is 2.28. The van der Waals surface area contributed by atoms with Crippen LogP contribution in [0.5, 0.6) is 0 Å². The molecule has 0 aromatic heterocycles. The Morgan fingerprint density at radius 3 is 2.53 bits per heavy atom. The Morgan fingerprint density at radius 1 is 1.18 bits per heavy atom. The number of likely N-dealkylation sites (tertiary alicyclic amines) is 1. The molecule has 1 heterocycles. The highest BCUT2D eigenvalue weighted by molar-refractivity contribution is 5.44. The third-order valence-electron chi connectivity index (χ3n) is 4.56. The van der Waals surface area contributed by atoms with Crippen LogP contribution >= 0.6 is 0 Å². The van der Waals surface area contributed by atoms with Gasteiger partial charge in [-0.15, -0.1) is 0 Å². The van der Waals surface area contributed by atoms with E-state index in [-0.39, 0.29) is 5.41 Å². The van der Waals surface area contributed by atoms with Gasteiger partial charge in [0.15, 0.2) is 0 Å². The SMILES string of the molecule is CN1CCC2(CC1)c1ccccc1[C@H](O)[C@H]2O. The molecule has 0 amide bonds. The number of aliphatic hydroxyl groups excluding tert-OH is 2. The van der Waals surface area contributed by atoms with E-state index >= 15 is 0 Å². The number of aliphatic hydroxyl groups is 2. The molecule has 3 rings (SSSR count). The van der Waals surface area contributed by atoms with Gasteiger partial charge in [-0.1, -0.05) is 24.3 Å². The molecule has 1 aliphatic heterocycles. The van der Waals surface area contributed by atoms with Crippen LogP contribution in [0, 0.1) is 0 Å². The molecule has 17 heavy (non-hydrogen) atoms. The van der Waals surface area contributed by atoms with Crippen molar-refractivity contribution >= 4 is 0 Å². The molecule has 1 fully saturated rings. The van der Waals surface area contributed by atoms with Crippen LogP contribution in [0.4, 0.5) is 0 Å². The normalized spacial score (nSPS) is 31.7. The van der Waals surface area contributed by atoms with Crippen molar-refractivity contribution < 1.29 is 10.2 Å². The molecular formula is C14H19NO2. The summed E-state index contributed by atoms with van der Waals surface area (Å²) in [5.41, 5.74) is 1.86. The van der Waals surface area contributed by atoms with Crippen molar-refractivity contribution in [3.8, 4) is 0 Å². The minimum Gasteiger partial charge on any atom is -0.389 e. The zero-order chi connectivity index (χ0) is 12.0. The Labute approximate surface area is 102 Å². The van der Waals surface area contributed by atoms with E-state index in [9.17, 15) is 10.2 Å². The quantitative estimate of drug-likeness (QED) is 0.704. The van der Waals surface area contributed by atoms with E-state index in [1.54, 1.807) is 0 Å². The van der Waals surface area contributed by atoms with Crippen molar-refractivity contribution in [2.75, 3.05) is 20.1 Å². The predicted molar refractivity (Wildman–Crippen MR) is 65.8 cm³/mol. The molecular weight excluding hydrogens is 214 g/mol. The maximum Gasteiger partial charge on any atom is 0.106 e. The summed E-state index contributed by atoms with van der Waals surface area (Å²) in [5, 5.41) is 20.6. The van der Waals surface area contributed by atoms with E-state index in [1.807, 2.05) is 18.2 Å². The van der Waals surface area contributed by atoms with E-state index in [0.717, 1.165) is 37.1 Å². The van der Waals surface area contributed by atoms with Crippen molar-refractivity contribution in [1.82, 2.24) is 4.90 Å². The minimum atomic E-state index is -0.713. The molecule has 1 saturated heterocycles. The van der Waals surface area contributed by atoms with Gasteiger partial charge < -0.3 is 15.1 Å². The number of hydrogen-bond donors (Lipinski definition) is 2. The van der Waals surface area contributed by atoms with Crippen LogP contribution in [0.3, 0.4) is 0 Å². The maximum atomic E-state index is 10.4. The van der Waals surface area contributed by atoms with Crippen LogP contribution in [-0.2, 0) is 5.41 Å². The van der Waals surface area contributed by atoms with Gasteiger partial charge in [-0.3, -0.25) is 0 Å². The summed E-state index contributed by atoms with van der Waals surface area (Å²) in [7, 11) is 2.11. The smallest absolute Gasteiger partial charge is 0.106 e. The molecule has 1 spiro atoms. The molecule has 3 heteroatoms. The lowest BCUT2D eigenvalue weighted by atomic mass is 9.72. The summed E-state index contributed by atoms with van der Waals surface area (Å²) in [6.45, 7) is 1.97. The first-order valence-electron chi connectivity index (χ1n) is 6.29. The second-order valence-electron chi connectivity index (χ2n) is 5.44. The largest absolute Gasteiger partial charge is 0.389 e. The highest BCUT2D eigenvalue weighted by Crippen LogP contribution is 2.50. The molecule has 0 unspecified atom stereocenters. The second-order valence-corrected chi connectivity index (χ2v) is 5.44. The molecule has 2 N–H and O–H groups in total. The zero-order valence-electron chi connectivity index (χ0n) is 10.1. The molecule has 0 bridgehead atoms. The first-order valence-corrected chi connectivity index (χ1v) is 6.29. The lowest BCUT2D eigenvalue weighted by Gasteiger charge is -2.41. The van der Waals surface area contributed by atoms with Crippen molar-refractivity contribution in [3.05, 3.63) is 35.4 Å². The predicted octanol–water partition coefficient (Wildman–Crippen LogP) is 1.06. The van der Waals surface area contributed by atoms with Gasteiger partial charge in [-0.05, 0) is 44.1 Å². The molecule has 0 saturated carbocycles. The molecule has 1 aromatic carbocycles. The van der Waals surface area contributed by atoms with Gasteiger partial charge in [0.2, 0.25) is 0 Å². The Bertz CT molecular complexity index is 424. The third kappa shape index (κ3) is 1.46. The molecule has 3 nitrogen and oxygen atoms in total. The van der Waals surface area contributed by atoms with E-state index in [4.69, 9.17) is 0 Å². The van der Waals surface area contributed by atoms with Crippen LogP contribution < -0.4 is 0 Å². The van der Waals surface area contributed by atoms with E-state index < -0.39 is 12.2 Å². The monoisotopic (exact) mass is 233 g/mol. The topological polar surface area (TPSA) is 43.7 Å². The second kappa shape index (κ2) is 3.80. The van der Waals surface area contributed by atoms with Crippen molar-refractivity contribution in [2.24, 2.45) is 0 Å². The number of fused-ring (bicyclic) bond motifs is 2. The summed E-state index contributed by atoms with van der Waals surface area (Å²) in [6.07, 6.45) is 0.500. The minimum absolute atomic E-state index is 0.220. The Kier molecular flexibility index (Phi) is 2.51. The third-order valence-corrected chi connectivity index (χ3v) is 4.56. The number of benzene rings is 1. The van der Waals surface area contributed by atoms with Crippen LogP contribution in [-0.4, -0.2) is 41.4 Å². The van der Waals surface area contributed by atoms with E-state index in [1.165, 1.54) is 0 Å². The fourth-order valence-corrected chi connectivity index (χ4v) is 3.42. The highest BCUT2D eigenvalue weighted by atomic mass is 16.3. The van der Waals surface area contributed by atoms with Gasteiger partial charge in [-0.2, -0.15) is 0 Å². The fourth-order valence-electron chi connectivity index (χ4n) is 3.42. The molecule has 92 valence electrons. The van der Waals surface area contributed by atoms with Crippen LogP contribution in [0.15, 0.2) is 24.3 Å². The van der Waals surface area contributed by atoms with Crippen LogP contribution in [0.1, 0.15) is 30.1 Å². The van der Waals surface area contributed by atoms with Gasteiger partial charge >= 0.3 is 0 Å². The van der Waals surface area contributed by atoms with Crippen molar-refractivity contribution in [1.29, 1.82) is 0 Å². The Morgan fingerprint density at radius 2 is 1.82 bits per heavy atom. The van der Waals surface area contributed by atoms with Gasteiger partial charge in [-0.25, -0.2) is 0 Å². The summed E-state index contributed by atoms with van der Waals surface area (Å²) >= 11 is 0. The summed E-state index contributed by atoms with van der Waals surface area (Å²) < 4.78 is 0. The summed E-state index contributed by atoms with van der Waals surface area (Å²) in [6, 6.07) is 7.95. The van der Waals surface area contributed by atoms with Crippen molar-refractivity contribution in [3.63, 3.8) is 0 Å². The Balaban J connectivity index is 2.05. The van der Waals surface area contributed by atoms with Crippen molar-refractivity contribution in [2.45, 2.75) is 30.5 Å². The number of piperidine rings is 1. The fraction of sp³-hybridized carbons (Fsp3) is 0.571. The average Bonchev–Trinajstić information content (AvgIpc) is 2.57. The summed E-state index contributed by atoms with van der Waals surface area (Å²) in [5.74, 6) is 0. The van der Waals surface area contributed by atoms with E-state index in [0.29, 0.717) is 0 Å². The molecule has 1 aromatic rings. The number of nitrogens with zero attached hydrogens (tertiary/aromatic N) is 1. The zero-order valence-corrected chi connectivity index (χ0v) is 10.1. The lowest BCUT2D eigenvalue weighted by molar-refractivity contribution is -0.0336. The maximum absolute atomic E-state index is 10.4. The molecule has 0 radical (unpaired) electrons. The number of rotatable bonds is 0. The lowest BCUT2D eigenvalue weighted by Crippen LogP contribution is -2.46. The number of hydrogen-bond acceptors (Lipinski definition) is 3. The Hall–Kier alpha value is -0.900. The molecule has 1 aliphatic carbocycles. The van der Waals surface area contributed by atoms with Gasteiger partial charge in [0, 0.05) is 5.41 Å². The standard InChI is InChI=1S/C14H19NO2/c1-15-8-6-14(7-9-15)11-5-3-2-4-10(11)12(16)13(14)17/h2-5,12-13,16-17H,6-9H2,1H3/t12-,13+/m0/s1. The first-order chi connectivity index (χ1) is 8.15. The molecule has 2 atom stereocenters. The van der Waals surface area contributed by atoms with Gasteiger partial charge in [0.05, 0.1) is 6.10 Å². The average molecular weight is 233 g/mol. The van der Waals surface area contributed by atoms with Crippen LogP contribution in [0.25, 0.3) is 0 Å². The van der Waals surface area contributed by atoms with Gasteiger partial charge in [0.25, 0.3) is 0 Å². The highest BCUT2D eigenvalue weighted by Gasteiger charge is 2.51. The van der Waals surface area contributed by atoms with Gasteiger partial charge in [0.1, 0.15) is 6.10 Å². The molecule has 2 aliphatic rings. The first kappa shape index (κ1) is 11.2. The van der Waals surface area contributed by atoms with Crippen LogP contribution in [0.2, 0.25) is 0 Å². The van der Waals surface area contributed by atoms with E-state index in [2.05, 4.69) is 18.0 Å².